The molecule has 1 unspecified atom stereocenters. The van der Waals surface area contributed by atoms with E-state index in [2.05, 4.69) is 26.0 Å². The Morgan fingerprint density at radius 2 is 2.05 bits per heavy atom. The van der Waals surface area contributed by atoms with Crippen LogP contribution in [0.2, 0.25) is 0 Å². The molecule has 0 spiro atoms. The van der Waals surface area contributed by atoms with E-state index < -0.39 is 12.8 Å². The number of benzene rings is 1. The summed E-state index contributed by atoms with van der Waals surface area (Å²) in [4.78, 5) is 0. The van der Waals surface area contributed by atoms with Crippen molar-refractivity contribution >= 4 is 15.9 Å². The third-order valence-corrected chi connectivity index (χ3v) is 3.36. The van der Waals surface area contributed by atoms with Crippen LogP contribution in [0, 0.1) is 5.82 Å². The van der Waals surface area contributed by atoms with Crippen LogP contribution in [-0.2, 0) is 11.2 Å². The highest BCUT2D eigenvalue weighted by molar-refractivity contribution is 9.10. The van der Waals surface area contributed by atoms with E-state index in [1.807, 2.05) is 0 Å². The number of hydrogen-bond donors (Lipinski definition) is 1. The molecule has 1 aromatic rings. The summed E-state index contributed by atoms with van der Waals surface area (Å²) in [5, 5.41) is 3.01. The molecule has 20 heavy (non-hydrogen) atoms. The van der Waals surface area contributed by atoms with Crippen molar-refractivity contribution in [3.63, 3.8) is 0 Å². The molecule has 0 bridgehead atoms. The summed E-state index contributed by atoms with van der Waals surface area (Å²) in [7, 11) is 1.73. The SMILES string of the molecule is CNC(CCOCC(F)(F)F)Cc1ccc(F)c(Br)c1. The van der Waals surface area contributed by atoms with Crippen LogP contribution in [0.5, 0.6) is 0 Å². The molecule has 7 heteroatoms. The third-order valence-electron chi connectivity index (χ3n) is 2.75. The summed E-state index contributed by atoms with van der Waals surface area (Å²) in [5.41, 5.74) is 0.897. The lowest BCUT2D eigenvalue weighted by atomic mass is 10.0. The first-order valence-corrected chi connectivity index (χ1v) is 6.87. The van der Waals surface area contributed by atoms with Gasteiger partial charge in [0, 0.05) is 12.6 Å². The Hall–Kier alpha value is -0.660. The molecule has 2 nitrogen and oxygen atoms in total. The second kappa shape index (κ2) is 7.95. The van der Waals surface area contributed by atoms with Crippen molar-refractivity contribution in [2.75, 3.05) is 20.3 Å². The van der Waals surface area contributed by atoms with Gasteiger partial charge in [-0.05, 0) is 53.5 Å². The molecular weight excluding hydrogens is 342 g/mol. The second-order valence-corrected chi connectivity index (χ2v) is 5.25. The third kappa shape index (κ3) is 6.67. The minimum Gasteiger partial charge on any atom is -0.372 e. The number of halogens is 5. The van der Waals surface area contributed by atoms with Crippen molar-refractivity contribution in [2.24, 2.45) is 0 Å². The number of rotatable bonds is 7. The number of nitrogens with one attached hydrogen (secondary N) is 1. The first kappa shape index (κ1) is 17.4. The molecule has 0 saturated carbocycles. The van der Waals surface area contributed by atoms with E-state index in [9.17, 15) is 17.6 Å². The van der Waals surface area contributed by atoms with E-state index in [1.165, 1.54) is 6.07 Å². The van der Waals surface area contributed by atoms with Crippen molar-refractivity contribution in [2.45, 2.75) is 25.1 Å². The lowest BCUT2D eigenvalue weighted by Crippen LogP contribution is -2.29. The van der Waals surface area contributed by atoms with Gasteiger partial charge in [-0.2, -0.15) is 13.2 Å². The average Bonchev–Trinajstić information content (AvgIpc) is 2.36. The Morgan fingerprint density at radius 3 is 2.60 bits per heavy atom. The molecule has 0 heterocycles. The highest BCUT2D eigenvalue weighted by atomic mass is 79.9. The molecule has 1 aromatic carbocycles. The summed E-state index contributed by atoms with van der Waals surface area (Å²) in [6.07, 6.45) is -3.26. The van der Waals surface area contributed by atoms with Gasteiger partial charge in [-0.3, -0.25) is 0 Å². The molecule has 0 aromatic heterocycles. The fraction of sp³-hybridized carbons (Fsp3) is 0.538. The van der Waals surface area contributed by atoms with Gasteiger partial charge in [0.05, 0.1) is 4.47 Å². The van der Waals surface area contributed by atoms with E-state index in [1.54, 1.807) is 19.2 Å². The number of likely N-dealkylation sites (N-methyl/N-ethyl adjacent to an activating group) is 1. The van der Waals surface area contributed by atoms with Gasteiger partial charge in [-0.25, -0.2) is 4.39 Å². The predicted octanol–water partition coefficient (Wildman–Crippen LogP) is 3.69. The molecule has 114 valence electrons. The van der Waals surface area contributed by atoms with E-state index in [4.69, 9.17) is 0 Å². The van der Waals surface area contributed by atoms with Gasteiger partial charge < -0.3 is 10.1 Å². The molecule has 0 aliphatic heterocycles. The lowest BCUT2D eigenvalue weighted by molar-refractivity contribution is -0.174. The average molecular weight is 358 g/mol. The second-order valence-electron chi connectivity index (χ2n) is 4.39. The predicted molar refractivity (Wildman–Crippen MR) is 72.1 cm³/mol. The normalized spacial score (nSPS) is 13.5. The van der Waals surface area contributed by atoms with Crippen LogP contribution in [0.1, 0.15) is 12.0 Å². The smallest absolute Gasteiger partial charge is 0.372 e. The van der Waals surface area contributed by atoms with Gasteiger partial charge in [0.2, 0.25) is 0 Å². The summed E-state index contributed by atoms with van der Waals surface area (Å²) >= 11 is 3.10. The summed E-state index contributed by atoms with van der Waals surface area (Å²) in [5.74, 6) is -0.344. The Kier molecular flexibility index (Phi) is 6.91. The highest BCUT2D eigenvalue weighted by Crippen LogP contribution is 2.18. The van der Waals surface area contributed by atoms with Gasteiger partial charge in [-0.1, -0.05) is 6.07 Å². The minimum absolute atomic E-state index is 0.0212. The van der Waals surface area contributed by atoms with Crippen LogP contribution in [-0.4, -0.2) is 32.5 Å². The molecular formula is C13H16BrF4NO. The molecule has 0 amide bonds. The zero-order valence-electron chi connectivity index (χ0n) is 10.9. The van der Waals surface area contributed by atoms with Crippen LogP contribution in [0.25, 0.3) is 0 Å². The largest absolute Gasteiger partial charge is 0.411 e. The van der Waals surface area contributed by atoms with Crippen molar-refractivity contribution in [1.29, 1.82) is 0 Å². The van der Waals surface area contributed by atoms with E-state index in [-0.39, 0.29) is 18.5 Å². The van der Waals surface area contributed by atoms with Gasteiger partial charge in [-0.15, -0.1) is 0 Å². The number of alkyl halides is 3. The fourth-order valence-corrected chi connectivity index (χ4v) is 2.14. The summed E-state index contributed by atoms with van der Waals surface area (Å²) in [6.45, 7) is -1.21. The highest BCUT2D eigenvalue weighted by Gasteiger charge is 2.27. The molecule has 0 aliphatic rings. The van der Waals surface area contributed by atoms with Crippen LogP contribution >= 0.6 is 15.9 Å². The summed E-state index contributed by atoms with van der Waals surface area (Å²) < 4.78 is 53.8. The number of ether oxygens (including phenoxy) is 1. The molecule has 0 aliphatic carbocycles. The van der Waals surface area contributed by atoms with Crippen LogP contribution in [0.4, 0.5) is 17.6 Å². The van der Waals surface area contributed by atoms with E-state index in [0.29, 0.717) is 17.3 Å². The Bertz CT molecular complexity index is 425. The molecule has 1 N–H and O–H groups in total. The van der Waals surface area contributed by atoms with Crippen LogP contribution in [0.15, 0.2) is 22.7 Å². The topological polar surface area (TPSA) is 21.3 Å². The van der Waals surface area contributed by atoms with Crippen molar-refractivity contribution in [3.8, 4) is 0 Å². The Balaban J connectivity index is 2.41. The Morgan fingerprint density at radius 1 is 1.35 bits per heavy atom. The maximum atomic E-state index is 13.1. The monoisotopic (exact) mass is 357 g/mol. The first-order chi connectivity index (χ1) is 9.31. The molecule has 0 saturated heterocycles. The maximum absolute atomic E-state index is 13.1. The first-order valence-electron chi connectivity index (χ1n) is 6.07. The summed E-state index contributed by atoms with van der Waals surface area (Å²) in [6, 6.07) is 4.64. The van der Waals surface area contributed by atoms with Crippen LogP contribution < -0.4 is 5.32 Å². The van der Waals surface area contributed by atoms with Crippen molar-refractivity contribution in [3.05, 3.63) is 34.1 Å². The van der Waals surface area contributed by atoms with Gasteiger partial charge in [0.25, 0.3) is 0 Å². The number of hydrogen-bond acceptors (Lipinski definition) is 2. The zero-order valence-corrected chi connectivity index (χ0v) is 12.5. The quantitative estimate of drug-likeness (QED) is 0.593. The fourth-order valence-electron chi connectivity index (χ4n) is 1.71. The molecule has 1 atom stereocenters. The van der Waals surface area contributed by atoms with Crippen LogP contribution in [0.3, 0.4) is 0 Å². The molecule has 1 rings (SSSR count). The van der Waals surface area contributed by atoms with E-state index in [0.717, 1.165) is 5.56 Å². The standard InChI is InChI=1S/C13H16BrF4NO/c1-19-10(4-5-20-8-13(16,17)18)6-9-2-3-12(15)11(14)7-9/h2-3,7,10,19H,4-6,8H2,1H3. The van der Waals surface area contributed by atoms with Gasteiger partial charge in [0.15, 0.2) is 0 Å². The van der Waals surface area contributed by atoms with Gasteiger partial charge >= 0.3 is 6.18 Å². The maximum Gasteiger partial charge on any atom is 0.411 e. The van der Waals surface area contributed by atoms with Crippen molar-refractivity contribution in [1.82, 2.24) is 5.32 Å². The van der Waals surface area contributed by atoms with Gasteiger partial charge in [0.1, 0.15) is 12.4 Å². The minimum atomic E-state index is -4.29. The Labute approximate surface area is 123 Å². The lowest BCUT2D eigenvalue weighted by Gasteiger charge is -2.17. The molecule has 0 radical (unpaired) electrons. The molecule has 0 fully saturated rings. The zero-order chi connectivity index (χ0) is 15.2. The van der Waals surface area contributed by atoms with E-state index >= 15 is 0 Å². The van der Waals surface area contributed by atoms with Crippen molar-refractivity contribution < 1.29 is 22.3 Å².